The van der Waals surface area contributed by atoms with Crippen LogP contribution in [-0.2, 0) is 0 Å². The lowest BCUT2D eigenvalue weighted by Crippen LogP contribution is -2.47. The van der Waals surface area contributed by atoms with Gasteiger partial charge in [-0.2, -0.15) is 0 Å². The molecular weight excluding hydrogens is 372 g/mol. The van der Waals surface area contributed by atoms with Crippen molar-refractivity contribution in [1.29, 1.82) is 0 Å². The Labute approximate surface area is 180 Å². The fourth-order valence-corrected chi connectivity index (χ4v) is 4.76. The van der Waals surface area contributed by atoms with E-state index >= 15 is 0 Å². The lowest BCUT2D eigenvalue weighted by molar-refractivity contribution is 0.0903. The van der Waals surface area contributed by atoms with Gasteiger partial charge in [0.2, 0.25) is 0 Å². The highest BCUT2D eigenvalue weighted by Gasteiger charge is 2.25. The largest absolute Gasteiger partial charge is 0.352 e. The zero-order chi connectivity index (χ0) is 20.6. The first kappa shape index (κ1) is 21.0. The van der Waals surface area contributed by atoms with Crippen LogP contribution in [0.3, 0.4) is 0 Å². The second-order valence-corrected chi connectivity index (χ2v) is 8.59. The van der Waals surface area contributed by atoms with E-state index in [4.69, 9.17) is 0 Å². The molecule has 2 aliphatic heterocycles. The molecule has 1 aromatic carbocycles. The van der Waals surface area contributed by atoms with Crippen LogP contribution in [0, 0.1) is 0 Å². The van der Waals surface area contributed by atoms with Crippen LogP contribution in [0.4, 0.5) is 0 Å². The van der Waals surface area contributed by atoms with E-state index in [0.29, 0.717) is 0 Å². The molecule has 2 saturated heterocycles. The van der Waals surface area contributed by atoms with Crippen LogP contribution in [0.15, 0.2) is 48.8 Å². The van der Waals surface area contributed by atoms with Crippen molar-refractivity contribution in [2.75, 3.05) is 39.3 Å². The van der Waals surface area contributed by atoms with Gasteiger partial charge in [0.25, 0.3) is 5.91 Å². The van der Waals surface area contributed by atoms with E-state index < -0.39 is 0 Å². The molecule has 4 rings (SSSR count). The normalized spacial score (nSPS) is 18.9. The smallest absolute Gasteiger partial charge is 0.251 e. The number of carbonyl (C=O) groups excluding carboxylic acids is 1. The van der Waals surface area contributed by atoms with Crippen molar-refractivity contribution in [2.24, 2.45) is 0 Å². The van der Waals surface area contributed by atoms with Crippen LogP contribution in [-0.4, -0.2) is 66.0 Å². The summed E-state index contributed by atoms with van der Waals surface area (Å²) < 4.78 is 0. The molecule has 2 fully saturated rings. The summed E-state index contributed by atoms with van der Waals surface area (Å²) in [7, 11) is 0. The maximum absolute atomic E-state index is 12.4. The molecule has 0 aliphatic carbocycles. The van der Waals surface area contributed by atoms with Crippen LogP contribution in [0.5, 0.6) is 0 Å². The first-order valence-corrected chi connectivity index (χ1v) is 11.5. The Bertz CT molecular complexity index is 779. The molecule has 2 aromatic rings. The van der Waals surface area contributed by atoms with Gasteiger partial charge in [-0.25, -0.2) is 0 Å². The van der Waals surface area contributed by atoms with Crippen molar-refractivity contribution >= 4 is 5.91 Å². The zero-order valence-corrected chi connectivity index (χ0v) is 17.9. The maximum atomic E-state index is 12.4. The maximum Gasteiger partial charge on any atom is 0.251 e. The second kappa shape index (κ2) is 10.7. The van der Waals surface area contributed by atoms with E-state index in [-0.39, 0.29) is 5.91 Å². The van der Waals surface area contributed by atoms with Crippen molar-refractivity contribution < 1.29 is 4.79 Å². The van der Waals surface area contributed by atoms with Gasteiger partial charge in [0.15, 0.2) is 0 Å². The zero-order valence-electron chi connectivity index (χ0n) is 17.9. The van der Waals surface area contributed by atoms with Gasteiger partial charge >= 0.3 is 0 Å². The predicted octanol–water partition coefficient (Wildman–Crippen LogP) is 3.82. The quantitative estimate of drug-likeness (QED) is 0.710. The van der Waals surface area contributed by atoms with Crippen molar-refractivity contribution in [3.8, 4) is 11.1 Å². The molecule has 2 aliphatic rings. The fourth-order valence-electron chi connectivity index (χ4n) is 4.76. The van der Waals surface area contributed by atoms with E-state index in [2.05, 4.69) is 20.1 Å². The third-order valence-corrected chi connectivity index (χ3v) is 6.56. The Morgan fingerprint density at radius 2 is 1.57 bits per heavy atom. The van der Waals surface area contributed by atoms with Crippen LogP contribution in [0.1, 0.15) is 48.9 Å². The van der Waals surface area contributed by atoms with E-state index in [1.165, 1.54) is 58.3 Å². The molecule has 1 amide bonds. The van der Waals surface area contributed by atoms with E-state index in [9.17, 15) is 4.79 Å². The first-order valence-electron chi connectivity index (χ1n) is 11.5. The third-order valence-electron chi connectivity index (χ3n) is 6.56. The highest BCUT2D eigenvalue weighted by Crippen LogP contribution is 2.21. The molecule has 0 unspecified atom stereocenters. The van der Waals surface area contributed by atoms with Gasteiger partial charge in [0.1, 0.15) is 0 Å². The summed E-state index contributed by atoms with van der Waals surface area (Å²) in [6.45, 7) is 6.82. The van der Waals surface area contributed by atoms with Gasteiger partial charge in [-0.15, -0.1) is 0 Å². The third kappa shape index (κ3) is 5.67. The number of nitrogens with zero attached hydrogens (tertiary/aromatic N) is 3. The van der Waals surface area contributed by atoms with Gasteiger partial charge in [0.05, 0.1) is 0 Å². The first-order chi connectivity index (χ1) is 14.8. The van der Waals surface area contributed by atoms with Crippen LogP contribution >= 0.6 is 0 Å². The lowest BCUT2D eigenvalue weighted by Gasteiger charge is -2.40. The topological polar surface area (TPSA) is 48.5 Å². The van der Waals surface area contributed by atoms with Crippen LogP contribution in [0.2, 0.25) is 0 Å². The lowest BCUT2D eigenvalue weighted by atomic mass is 10.00. The summed E-state index contributed by atoms with van der Waals surface area (Å²) in [5, 5.41) is 3.07. The molecule has 3 heterocycles. The number of hydrogen-bond acceptors (Lipinski definition) is 4. The van der Waals surface area contributed by atoms with Gasteiger partial charge in [-0.3, -0.25) is 9.78 Å². The molecule has 1 N–H and O–H groups in total. The van der Waals surface area contributed by atoms with Crippen molar-refractivity contribution in [3.05, 3.63) is 54.4 Å². The highest BCUT2D eigenvalue weighted by molar-refractivity contribution is 5.94. The molecule has 30 heavy (non-hydrogen) atoms. The second-order valence-electron chi connectivity index (χ2n) is 8.59. The fraction of sp³-hybridized carbons (Fsp3) is 0.520. The van der Waals surface area contributed by atoms with Gasteiger partial charge in [-0.1, -0.05) is 18.6 Å². The minimum atomic E-state index is 0.0140. The Morgan fingerprint density at radius 3 is 2.27 bits per heavy atom. The Kier molecular flexibility index (Phi) is 7.49. The number of likely N-dealkylation sites (tertiary alicyclic amines) is 2. The highest BCUT2D eigenvalue weighted by atomic mass is 16.1. The summed E-state index contributed by atoms with van der Waals surface area (Å²) in [6.07, 6.45) is 11.4. The van der Waals surface area contributed by atoms with Gasteiger partial charge in [0, 0.05) is 30.5 Å². The summed E-state index contributed by atoms with van der Waals surface area (Å²) in [5.74, 6) is 0.0140. The van der Waals surface area contributed by atoms with Crippen molar-refractivity contribution in [2.45, 2.75) is 44.6 Å². The number of benzene rings is 1. The molecule has 0 bridgehead atoms. The minimum Gasteiger partial charge on any atom is -0.352 e. The SMILES string of the molecule is O=C(NCCCN1CCC(N2CCCCC2)CC1)c1ccc(-c2ccncc2)cc1. The number of carbonyl (C=O) groups is 1. The van der Waals surface area contributed by atoms with Crippen molar-refractivity contribution in [3.63, 3.8) is 0 Å². The molecule has 0 atom stereocenters. The van der Waals surface area contributed by atoms with Crippen LogP contribution in [0.25, 0.3) is 11.1 Å². The number of amides is 1. The summed E-state index contributed by atoms with van der Waals surface area (Å²) >= 11 is 0. The Morgan fingerprint density at radius 1 is 0.900 bits per heavy atom. The van der Waals surface area contributed by atoms with Gasteiger partial charge < -0.3 is 15.1 Å². The Balaban J connectivity index is 1.14. The summed E-state index contributed by atoms with van der Waals surface area (Å²) in [5.41, 5.74) is 2.93. The molecule has 0 spiro atoms. The summed E-state index contributed by atoms with van der Waals surface area (Å²) in [6, 6.07) is 12.5. The number of pyridine rings is 1. The number of hydrogen-bond donors (Lipinski definition) is 1. The minimum absolute atomic E-state index is 0.0140. The molecule has 1 aromatic heterocycles. The molecular formula is C25H34N4O. The average Bonchev–Trinajstić information content (AvgIpc) is 2.83. The monoisotopic (exact) mass is 406 g/mol. The van der Waals surface area contributed by atoms with Gasteiger partial charge in [-0.05, 0) is 100 Å². The number of aromatic nitrogens is 1. The van der Waals surface area contributed by atoms with Crippen LogP contribution < -0.4 is 5.32 Å². The molecule has 5 nitrogen and oxygen atoms in total. The number of rotatable bonds is 7. The molecule has 160 valence electrons. The molecule has 0 saturated carbocycles. The summed E-state index contributed by atoms with van der Waals surface area (Å²) in [4.78, 5) is 21.8. The molecule has 0 radical (unpaired) electrons. The predicted molar refractivity (Wildman–Crippen MR) is 122 cm³/mol. The average molecular weight is 407 g/mol. The number of piperidine rings is 2. The molecule has 5 heteroatoms. The Hall–Kier alpha value is -2.24. The van der Waals surface area contributed by atoms with E-state index in [1.807, 2.05) is 36.4 Å². The van der Waals surface area contributed by atoms with E-state index in [0.717, 1.165) is 42.2 Å². The van der Waals surface area contributed by atoms with Crippen molar-refractivity contribution in [1.82, 2.24) is 20.1 Å². The van der Waals surface area contributed by atoms with E-state index in [1.54, 1.807) is 12.4 Å². The number of nitrogens with one attached hydrogen (secondary N) is 1. The standard InChI is InChI=1S/C25H34N4O/c30-25(23-7-5-21(6-8-23)22-9-14-26-15-10-22)27-13-4-16-28-19-11-24(12-20-28)29-17-2-1-3-18-29/h5-10,14-15,24H,1-4,11-13,16-20H2,(H,27,30).